The van der Waals surface area contributed by atoms with Gasteiger partial charge in [0.05, 0.1) is 21.2 Å². The summed E-state index contributed by atoms with van der Waals surface area (Å²) in [5.41, 5.74) is 0.454. The van der Waals surface area contributed by atoms with Crippen molar-refractivity contribution in [3.8, 4) is 11.5 Å². The molecule has 0 aliphatic heterocycles. The van der Waals surface area contributed by atoms with Gasteiger partial charge in [-0.15, -0.1) is 0 Å². The molecular formula is C14H10Cl3FO2. The molecule has 0 amide bonds. The lowest BCUT2D eigenvalue weighted by molar-refractivity contribution is 0.198. The smallest absolute Gasteiger partial charge is 0.166 e. The van der Waals surface area contributed by atoms with Gasteiger partial charge in [-0.1, -0.05) is 40.9 Å². The van der Waals surface area contributed by atoms with E-state index >= 15 is 0 Å². The highest BCUT2D eigenvalue weighted by Gasteiger charge is 2.12. The maximum Gasteiger partial charge on any atom is 0.166 e. The van der Waals surface area contributed by atoms with Crippen LogP contribution in [-0.4, -0.2) is 5.11 Å². The molecule has 0 aromatic heterocycles. The molecule has 106 valence electrons. The number of rotatable bonds is 3. The summed E-state index contributed by atoms with van der Waals surface area (Å²) < 4.78 is 19.2. The van der Waals surface area contributed by atoms with Crippen LogP contribution >= 0.6 is 34.8 Å². The third-order valence-corrected chi connectivity index (χ3v) is 3.65. The zero-order chi connectivity index (χ0) is 14.9. The first kappa shape index (κ1) is 15.4. The normalized spacial score (nSPS) is 12.3. The van der Waals surface area contributed by atoms with Gasteiger partial charge in [-0.2, -0.15) is 0 Å². The van der Waals surface area contributed by atoms with Crippen LogP contribution in [0, 0.1) is 5.82 Å². The SMILES string of the molecule is C[C@@H](O)c1ccc(Oc2cc(Cl)c(Cl)cc2Cl)c(F)c1. The monoisotopic (exact) mass is 334 g/mol. The minimum atomic E-state index is -0.757. The lowest BCUT2D eigenvalue weighted by Gasteiger charge is -2.11. The lowest BCUT2D eigenvalue weighted by Crippen LogP contribution is -1.95. The van der Waals surface area contributed by atoms with E-state index in [4.69, 9.17) is 39.5 Å². The molecule has 2 aromatic carbocycles. The number of hydrogen-bond acceptors (Lipinski definition) is 2. The number of hydrogen-bond donors (Lipinski definition) is 1. The van der Waals surface area contributed by atoms with Crippen LogP contribution in [0.15, 0.2) is 30.3 Å². The summed E-state index contributed by atoms with van der Waals surface area (Å²) >= 11 is 17.6. The molecule has 1 atom stereocenters. The highest BCUT2D eigenvalue weighted by Crippen LogP contribution is 2.37. The van der Waals surface area contributed by atoms with Crippen molar-refractivity contribution in [3.63, 3.8) is 0 Å². The summed E-state index contributed by atoms with van der Waals surface area (Å²) in [7, 11) is 0. The fraction of sp³-hybridized carbons (Fsp3) is 0.143. The number of benzene rings is 2. The highest BCUT2D eigenvalue weighted by atomic mass is 35.5. The molecule has 0 heterocycles. The van der Waals surface area contributed by atoms with Gasteiger partial charge in [-0.3, -0.25) is 0 Å². The fourth-order valence-corrected chi connectivity index (χ4v) is 2.14. The molecule has 2 aromatic rings. The summed E-state index contributed by atoms with van der Waals surface area (Å²) in [6, 6.07) is 7.01. The van der Waals surface area contributed by atoms with Gasteiger partial charge >= 0.3 is 0 Å². The largest absolute Gasteiger partial charge is 0.453 e. The molecule has 0 aliphatic carbocycles. The highest BCUT2D eigenvalue weighted by molar-refractivity contribution is 6.43. The second-order valence-corrected chi connectivity index (χ2v) is 5.39. The Morgan fingerprint density at radius 1 is 1.00 bits per heavy atom. The van der Waals surface area contributed by atoms with E-state index in [1.165, 1.54) is 24.3 Å². The van der Waals surface area contributed by atoms with Crippen molar-refractivity contribution in [1.29, 1.82) is 0 Å². The third kappa shape index (κ3) is 3.36. The molecule has 0 radical (unpaired) electrons. The van der Waals surface area contributed by atoms with Gasteiger partial charge in [-0.05, 0) is 30.7 Å². The summed E-state index contributed by atoms with van der Waals surface area (Å²) in [4.78, 5) is 0. The van der Waals surface area contributed by atoms with Crippen molar-refractivity contribution in [3.05, 3.63) is 56.8 Å². The van der Waals surface area contributed by atoms with Crippen molar-refractivity contribution in [2.45, 2.75) is 13.0 Å². The first-order chi connectivity index (χ1) is 9.38. The van der Waals surface area contributed by atoms with Crippen molar-refractivity contribution in [2.75, 3.05) is 0 Å². The van der Waals surface area contributed by atoms with E-state index in [0.29, 0.717) is 5.56 Å². The molecule has 2 rings (SSSR count). The predicted octanol–water partition coefficient (Wildman–Crippen LogP) is 5.63. The van der Waals surface area contributed by atoms with Gasteiger partial charge in [0.1, 0.15) is 5.75 Å². The maximum absolute atomic E-state index is 13.9. The van der Waals surface area contributed by atoms with Crippen LogP contribution in [0.4, 0.5) is 4.39 Å². The van der Waals surface area contributed by atoms with Crippen LogP contribution in [0.2, 0.25) is 15.1 Å². The topological polar surface area (TPSA) is 29.5 Å². The van der Waals surface area contributed by atoms with Gasteiger partial charge in [0.2, 0.25) is 0 Å². The Morgan fingerprint density at radius 3 is 2.25 bits per heavy atom. The van der Waals surface area contributed by atoms with Gasteiger partial charge in [0.15, 0.2) is 11.6 Å². The molecule has 0 fully saturated rings. The Morgan fingerprint density at radius 2 is 1.65 bits per heavy atom. The summed E-state index contributed by atoms with van der Waals surface area (Å²) in [5, 5.41) is 10.1. The van der Waals surface area contributed by atoms with Gasteiger partial charge in [0.25, 0.3) is 0 Å². The Kier molecular flexibility index (Phi) is 4.76. The molecule has 0 unspecified atom stereocenters. The summed E-state index contributed by atoms with van der Waals surface area (Å²) in [6.45, 7) is 1.55. The number of halogens is 4. The number of aliphatic hydroxyl groups excluding tert-OH is 1. The Balaban J connectivity index is 2.33. The van der Waals surface area contributed by atoms with Crippen molar-refractivity contribution in [1.82, 2.24) is 0 Å². The van der Waals surface area contributed by atoms with E-state index in [1.807, 2.05) is 0 Å². The average molecular weight is 336 g/mol. The quantitative estimate of drug-likeness (QED) is 0.736. The second kappa shape index (κ2) is 6.19. The van der Waals surface area contributed by atoms with E-state index in [1.54, 1.807) is 13.0 Å². The first-order valence-corrected chi connectivity index (χ1v) is 6.82. The molecule has 6 heteroatoms. The standard InChI is InChI=1S/C14H10Cl3FO2/c1-7(19)8-2-3-13(12(18)4-8)20-14-6-10(16)9(15)5-11(14)17/h2-7,19H,1H3/t7-/m1/s1. The van der Waals surface area contributed by atoms with Crippen molar-refractivity contribution in [2.24, 2.45) is 0 Å². The third-order valence-electron chi connectivity index (χ3n) is 2.63. The van der Waals surface area contributed by atoms with Crippen LogP contribution < -0.4 is 4.74 Å². The van der Waals surface area contributed by atoms with Crippen LogP contribution in [0.25, 0.3) is 0 Å². The van der Waals surface area contributed by atoms with E-state index in [9.17, 15) is 9.50 Å². The number of ether oxygens (including phenoxy) is 1. The first-order valence-electron chi connectivity index (χ1n) is 5.68. The lowest BCUT2D eigenvalue weighted by atomic mass is 10.1. The van der Waals surface area contributed by atoms with Crippen LogP contribution in [0.1, 0.15) is 18.6 Å². The molecule has 2 nitrogen and oxygen atoms in total. The van der Waals surface area contributed by atoms with Crippen molar-refractivity contribution >= 4 is 34.8 Å². The van der Waals surface area contributed by atoms with Crippen molar-refractivity contribution < 1.29 is 14.2 Å². The van der Waals surface area contributed by atoms with E-state index in [2.05, 4.69) is 0 Å². The van der Waals surface area contributed by atoms with E-state index in [0.717, 1.165) is 0 Å². The van der Waals surface area contributed by atoms with Gasteiger partial charge < -0.3 is 9.84 Å². The summed E-state index contributed by atoms with van der Waals surface area (Å²) in [6.07, 6.45) is -0.757. The summed E-state index contributed by atoms with van der Waals surface area (Å²) in [5.74, 6) is -0.426. The van der Waals surface area contributed by atoms with Gasteiger partial charge in [0, 0.05) is 6.07 Å². The Hall–Kier alpha value is -1.000. The predicted molar refractivity (Wildman–Crippen MR) is 78.6 cm³/mol. The fourth-order valence-electron chi connectivity index (χ4n) is 1.56. The molecular weight excluding hydrogens is 326 g/mol. The zero-order valence-corrected chi connectivity index (χ0v) is 12.6. The molecule has 0 saturated heterocycles. The molecule has 0 bridgehead atoms. The molecule has 20 heavy (non-hydrogen) atoms. The number of aliphatic hydroxyl groups is 1. The minimum Gasteiger partial charge on any atom is -0.453 e. The zero-order valence-electron chi connectivity index (χ0n) is 10.3. The second-order valence-electron chi connectivity index (χ2n) is 4.16. The Bertz CT molecular complexity index is 645. The minimum absolute atomic E-state index is 0.0188. The Labute approximate surface area is 130 Å². The maximum atomic E-state index is 13.9. The van der Waals surface area contributed by atoms with Gasteiger partial charge in [-0.25, -0.2) is 4.39 Å². The van der Waals surface area contributed by atoms with E-state index in [-0.39, 0.29) is 26.6 Å². The van der Waals surface area contributed by atoms with E-state index < -0.39 is 11.9 Å². The van der Waals surface area contributed by atoms with Crippen LogP contribution in [0.3, 0.4) is 0 Å². The molecule has 0 spiro atoms. The molecule has 1 N–H and O–H groups in total. The molecule has 0 saturated carbocycles. The molecule has 0 aliphatic rings. The average Bonchev–Trinajstić information content (AvgIpc) is 2.37. The van der Waals surface area contributed by atoms with Crippen LogP contribution in [-0.2, 0) is 0 Å². The van der Waals surface area contributed by atoms with Crippen LogP contribution in [0.5, 0.6) is 11.5 Å².